The predicted octanol–water partition coefficient (Wildman–Crippen LogP) is 3.48. The van der Waals surface area contributed by atoms with Crippen molar-refractivity contribution in [3.05, 3.63) is 0 Å². The van der Waals surface area contributed by atoms with Crippen molar-refractivity contribution in [3.8, 4) is 0 Å². The second kappa shape index (κ2) is 7.35. The molecule has 0 fully saturated rings. The van der Waals surface area contributed by atoms with Gasteiger partial charge in [-0.1, -0.05) is 33.1 Å². The molecule has 1 nitrogen and oxygen atoms in total. The standard InChI is InChI=1S/C9H20IN/c1-4-9(2)7-5-6-8-11(3)10/h9H,4-8H2,1-3H3. The monoisotopic (exact) mass is 269 g/mol. The molecule has 0 saturated heterocycles. The Morgan fingerprint density at radius 2 is 2.00 bits per heavy atom. The van der Waals surface area contributed by atoms with Crippen molar-refractivity contribution >= 4 is 22.9 Å². The molecule has 0 N–H and O–H groups in total. The third-order valence-electron chi connectivity index (χ3n) is 2.11. The van der Waals surface area contributed by atoms with E-state index in [1.54, 1.807) is 0 Å². The fourth-order valence-electron chi connectivity index (χ4n) is 1.03. The molecule has 1 atom stereocenters. The topological polar surface area (TPSA) is 3.24 Å². The van der Waals surface area contributed by atoms with Crippen molar-refractivity contribution in [1.82, 2.24) is 3.11 Å². The molecular weight excluding hydrogens is 249 g/mol. The molecular formula is C9H20IN. The lowest BCUT2D eigenvalue weighted by atomic mass is 10.0. The highest BCUT2D eigenvalue weighted by atomic mass is 127. The highest BCUT2D eigenvalue weighted by Gasteiger charge is 1.98. The average Bonchev–Trinajstić information content (AvgIpc) is 1.97. The Bertz CT molecular complexity index is 83.6. The van der Waals surface area contributed by atoms with Crippen molar-refractivity contribution in [2.75, 3.05) is 13.6 Å². The molecule has 0 aliphatic heterocycles. The first-order valence-electron chi connectivity index (χ1n) is 4.53. The normalized spacial score (nSPS) is 13.9. The third kappa shape index (κ3) is 8.60. The van der Waals surface area contributed by atoms with Crippen LogP contribution in [-0.2, 0) is 0 Å². The van der Waals surface area contributed by atoms with Crippen LogP contribution in [0.1, 0.15) is 39.5 Å². The van der Waals surface area contributed by atoms with Gasteiger partial charge in [0.25, 0.3) is 0 Å². The van der Waals surface area contributed by atoms with E-state index >= 15 is 0 Å². The van der Waals surface area contributed by atoms with Crippen LogP contribution in [0.15, 0.2) is 0 Å². The number of halogens is 1. The summed E-state index contributed by atoms with van der Waals surface area (Å²) in [7, 11) is 2.13. The van der Waals surface area contributed by atoms with Gasteiger partial charge in [-0.05, 0) is 19.4 Å². The van der Waals surface area contributed by atoms with Gasteiger partial charge >= 0.3 is 0 Å². The van der Waals surface area contributed by atoms with Crippen molar-refractivity contribution in [1.29, 1.82) is 0 Å². The zero-order valence-corrected chi connectivity index (χ0v) is 10.1. The lowest BCUT2D eigenvalue weighted by Gasteiger charge is -2.09. The Balaban J connectivity index is 3.01. The van der Waals surface area contributed by atoms with Gasteiger partial charge in [-0.2, -0.15) is 0 Å². The van der Waals surface area contributed by atoms with Gasteiger partial charge in [0, 0.05) is 29.4 Å². The molecule has 0 saturated carbocycles. The Morgan fingerprint density at radius 1 is 1.36 bits per heavy atom. The number of hydrogen-bond acceptors (Lipinski definition) is 1. The minimum absolute atomic E-state index is 0.925. The maximum Gasteiger partial charge on any atom is 0.0198 e. The highest BCUT2D eigenvalue weighted by molar-refractivity contribution is 14.1. The summed E-state index contributed by atoms with van der Waals surface area (Å²) in [4.78, 5) is 0. The maximum atomic E-state index is 2.34. The van der Waals surface area contributed by atoms with E-state index in [-0.39, 0.29) is 0 Å². The molecule has 0 aromatic carbocycles. The minimum atomic E-state index is 0.925. The van der Waals surface area contributed by atoms with Crippen molar-refractivity contribution in [2.24, 2.45) is 5.92 Å². The van der Waals surface area contributed by atoms with Gasteiger partial charge in [-0.15, -0.1) is 0 Å². The van der Waals surface area contributed by atoms with E-state index in [0.717, 1.165) is 5.92 Å². The summed E-state index contributed by atoms with van der Waals surface area (Å²) in [6.45, 7) is 5.85. The zero-order chi connectivity index (χ0) is 8.69. The van der Waals surface area contributed by atoms with E-state index in [4.69, 9.17) is 0 Å². The molecule has 0 heterocycles. The van der Waals surface area contributed by atoms with Gasteiger partial charge in [-0.3, -0.25) is 3.11 Å². The Labute approximate surface area is 85.0 Å². The first-order chi connectivity index (χ1) is 5.16. The van der Waals surface area contributed by atoms with E-state index in [1.807, 2.05) is 0 Å². The molecule has 0 aromatic heterocycles. The maximum absolute atomic E-state index is 2.34. The summed E-state index contributed by atoms with van der Waals surface area (Å²) in [6, 6.07) is 0. The van der Waals surface area contributed by atoms with Crippen LogP contribution in [0.25, 0.3) is 0 Å². The lowest BCUT2D eigenvalue weighted by Crippen LogP contribution is -2.05. The van der Waals surface area contributed by atoms with E-state index in [9.17, 15) is 0 Å². The van der Waals surface area contributed by atoms with Crippen molar-refractivity contribution < 1.29 is 0 Å². The average molecular weight is 269 g/mol. The zero-order valence-electron chi connectivity index (χ0n) is 7.94. The predicted molar refractivity (Wildman–Crippen MR) is 60.0 cm³/mol. The first kappa shape index (κ1) is 11.7. The number of unbranched alkanes of at least 4 members (excludes halogenated alkanes) is 1. The molecule has 11 heavy (non-hydrogen) atoms. The van der Waals surface area contributed by atoms with Gasteiger partial charge in [0.15, 0.2) is 0 Å². The first-order valence-corrected chi connectivity index (χ1v) is 5.50. The molecule has 0 radical (unpaired) electrons. The molecule has 0 aromatic rings. The van der Waals surface area contributed by atoms with Crippen LogP contribution in [0.4, 0.5) is 0 Å². The molecule has 1 unspecified atom stereocenters. The molecule has 0 rings (SSSR count). The van der Waals surface area contributed by atoms with E-state index in [2.05, 4.69) is 46.9 Å². The van der Waals surface area contributed by atoms with Crippen molar-refractivity contribution in [3.63, 3.8) is 0 Å². The van der Waals surface area contributed by atoms with Gasteiger partial charge in [-0.25, -0.2) is 0 Å². The fourth-order valence-corrected chi connectivity index (χ4v) is 1.37. The van der Waals surface area contributed by atoms with Crippen LogP contribution < -0.4 is 0 Å². The molecule has 2 heteroatoms. The van der Waals surface area contributed by atoms with Gasteiger partial charge < -0.3 is 0 Å². The summed E-state index contributed by atoms with van der Waals surface area (Å²) in [5.74, 6) is 0.925. The van der Waals surface area contributed by atoms with Crippen LogP contribution in [0.3, 0.4) is 0 Å². The SMILES string of the molecule is CCC(C)CCCCN(C)I. The largest absolute Gasteiger partial charge is 0.251 e. The second-order valence-electron chi connectivity index (χ2n) is 3.34. The fraction of sp³-hybridized carbons (Fsp3) is 1.00. The smallest absolute Gasteiger partial charge is 0.0198 e. The summed E-state index contributed by atoms with van der Waals surface area (Å²) in [5, 5.41) is 0. The summed E-state index contributed by atoms with van der Waals surface area (Å²) in [5.41, 5.74) is 0. The summed E-state index contributed by atoms with van der Waals surface area (Å²) < 4.78 is 2.23. The van der Waals surface area contributed by atoms with E-state index in [0.29, 0.717) is 0 Å². The van der Waals surface area contributed by atoms with Gasteiger partial charge in [0.1, 0.15) is 0 Å². The van der Waals surface area contributed by atoms with Crippen molar-refractivity contribution in [2.45, 2.75) is 39.5 Å². The number of hydrogen-bond donors (Lipinski definition) is 0. The summed E-state index contributed by atoms with van der Waals surface area (Å²) >= 11 is 2.34. The third-order valence-corrected chi connectivity index (χ3v) is 2.59. The molecule has 0 bridgehead atoms. The van der Waals surface area contributed by atoms with E-state index < -0.39 is 0 Å². The quantitative estimate of drug-likeness (QED) is 0.405. The number of rotatable bonds is 6. The van der Waals surface area contributed by atoms with Crippen LogP contribution in [0.2, 0.25) is 0 Å². The Hall–Kier alpha value is 0.690. The molecule has 0 amide bonds. The second-order valence-corrected chi connectivity index (χ2v) is 4.98. The molecule has 0 aliphatic carbocycles. The Kier molecular flexibility index (Phi) is 7.81. The summed E-state index contributed by atoms with van der Waals surface area (Å²) in [6.07, 6.45) is 5.48. The van der Waals surface area contributed by atoms with E-state index in [1.165, 1.54) is 32.2 Å². The molecule has 0 aliphatic rings. The number of nitrogens with zero attached hydrogens (tertiary/aromatic N) is 1. The lowest BCUT2D eigenvalue weighted by molar-refractivity contribution is 0.463. The minimum Gasteiger partial charge on any atom is -0.251 e. The van der Waals surface area contributed by atoms with Crippen LogP contribution in [0, 0.1) is 5.92 Å². The Morgan fingerprint density at radius 3 is 2.45 bits per heavy atom. The highest BCUT2D eigenvalue weighted by Crippen LogP contribution is 2.11. The molecule has 68 valence electrons. The van der Waals surface area contributed by atoms with Crippen LogP contribution in [0.5, 0.6) is 0 Å². The molecule has 0 spiro atoms. The van der Waals surface area contributed by atoms with Crippen LogP contribution >= 0.6 is 22.9 Å². The van der Waals surface area contributed by atoms with Gasteiger partial charge in [0.05, 0.1) is 0 Å². The van der Waals surface area contributed by atoms with Gasteiger partial charge in [0.2, 0.25) is 0 Å². The van der Waals surface area contributed by atoms with Crippen LogP contribution in [-0.4, -0.2) is 16.7 Å².